The van der Waals surface area contributed by atoms with Gasteiger partial charge in [-0.05, 0) is 37.7 Å². The summed E-state index contributed by atoms with van der Waals surface area (Å²) in [7, 11) is 3.20. The smallest absolute Gasteiger partial charge is 0.248 e. The fraction of sp³-hybridized carbons (Fsp3) is 0.650. The number of benzene rings is 1. The Bertz CT molecular complexity index is 539. The van der Waals surface area contributed by atoms with Crippen LogP contribution in [0.5, 0.6) is 0 Å². The number of carbonyl (C=O) groups excluding carboxylic acids is 1. The molecule has 6 heteroatoms. The molecule has 1 aliphatic carbocycles. The van der Waals surface area contributed by atoms with E-state index in [9.17, 15) is 13.6 Å². The fourth-order valence-corrected chi connectivity index (χ4v) is 3.42. The summed E-state index contributed by atoms with van der Waals surface area (Å²) in [5, 5.41) is 3.07. The van der Waals surface area contributed by atoms with E-state index in [2.05, 4.69) is 5.32 Å². The van der Waals surface area contributed by atoms with Gasteiger partial charge in [0.15, 0.2) is 6.29 Å². The van der Waals surface area contributed by atoms with E-state index in [1.54, 1.807) is 14.2 Å². The van der Waals surface area contributed by atoms with Crippen LogP contribution in [0, 0.1) is 5.92 Å². The number of hydrogen-bond donors (Lipinski definition) is 1. The van der Waals surface area contributed by atoms with Crippen molar-refractivity contribution in [2.45, 2.75) is 63.2 Å². The first-order valence-corrected chi connectivity index (χ1v) is 9.24. The molecule has 1 N–H and O–H groups in total. The molecule has 0 aliphatic heterocycles. The van der Waals surface area contributed by atoms with E-state index in [0.29, 0.717) is 0 Å². The van der Waals surface area contributed by atoms with Gasteiger partial charge in [0.05, 0.1) is 6.04 Å². The molecule has 0 heterocycles. The van der Waals surface area contributed by atoms with Gasteiger partial charge >= 0.3 is 0 Å². The topological polar surface area (TPSA) is 47.6 Å². The Balaban J connectivity index is 1.94. The van der Waals surface area contributed by atoms with Crippen molar-refractivity contribution < 1.29 is 23.0 Å². The summed E-state index contributed by atoms with van der Waals surface area (Å²) in [5.74, 6) is -3.07. The van der Waals surface area contributed by atoms with Crippen LogP contribution in [-0.2, 0) is 14.3 Å². The van der Waals surface area contributed by atoms with Crippen LogP contribution in [0.1, 0.15) is 56.6 Å². The number of alkyl halides is 2. The second-order valence-corrected chi connectivity index (χ2v) is 6.93. The molecule has 0 radical (unpaired) electrons. The third-order valence-electron chi connectivity index (χ3n) is 5.06. The highest BCUT2D eigenvalue weighted by atomic mass is 19.3. The highest BCUT2D eigenvalue weighted by molar-refractivity contribution is 5.79. The standard InChI is InChI=1S/C20H29F2NO3/c1-25-18(26-2)10-6-9-17(15-7-4-3-5-8-15)23-19(24)16-11-13-20(21,22)14-12-16/h3-5,7-8,16-18H,6,9-14H2,1-2H3,(H,23,24)/t17-/m1/s1. The average molecular weight is 369 g/mol. The van der Waals surface area contributed by atoms with Crippen LogP contribution in [0.25, 0.3) is 0 Å². The number of rotatable bonds is 9. The number of methoxy groups -OCH3 is 2. The molecule has 0 bridgehead atoms. The monoisotopic (exact) mass is 369 g/mol. The zero-order valence-corrected chi connectivity index (χ0v) is 15.5. The first-order chi connectivity index (χ1) is 12.4. The van der Waals surface area contributed by atoms with Crippen molar-refractivity contribution in [2.24, 2.45) is 5.92 Å². The summed E-state index contributed by atoms with van der Waals surface area (Å²) in [6.45, 7) is 0. The number of carbonyl (C=O) groups is 1. The molecule has 1 aromatic rings. The first-order valence-electron chi connectivity index (χ1n) is 9.24. The predicted octanol–water partition coefficient (Wildman–Crippen LogP) is 4.46. The van der Waals surface area contributed by atoms with Crippen molar-refractivity contribution in [1.82, 2.24) is 5.32 Å². The lowest BCUT2D eigenvalue weighted by atomic mass is 9.86. The van der Waals surface area contributed by atoms with Gasteiger partial charge in [0, 0.05) is 33.0 Å². The summed E-state index contributed by atoms with van der Waals surface area (Å²) in [5.41, 5.74) is 1.02. The van der Waals surface area contributed by atoms with Crippen molar-refractivity contribution in [3.63, 3.8) is 0 Å². The molecular weight excluding hydrogens is 340 g/mol. The van der Waals surface area contributed by atoms with Crippen LogP contribution in [-0.4, -0.2) is 32.3 Å². The summed E-state index contributed by atoms with van der Waals surface area (Å²) in [6.07, 6.45) is 2.10. The highest BCUT2D eigenvalue weighted by Crippen LogP contribution is 2.36. The molecule has 0 saturated heterocycles. The van der Waals surface area contributed by atoms with Crippen LogP contribution < -0.4 is 5.32 Å². The second kappa shape index (κ2) is 9.97. The molecule has 1 fully saturated rings. The van der Waals surface area contributed by atoms with Crippen molar-refractivity contribution in [1.29, 1.82) is 0 Å². The van der Waals surface area contributed by atoms with Gasteiger partial charge in [-0.15, -0.1) is 0 Å². The minimum absolute atomic E-state index is 0.121. The lowest BCUT2D eigenvalue weighted by Gasteiger charge is -2.29. The van der Waals surface area contributed by atoms with E-state index < -0.39 is 5.92 Å². The van der Waals surface area contributed by atoms with Crippen molar-refractivity contribution in [2.75, 3.05) is 14.2 Å². The Morgan fingerprint density at radius 3 is 2.35 bits per heavy atom. The van der Waals surface area contributed by atoms with Crippen LogP contribution >= 0.6 is 0 Å². The van der Waals surface area contributed by atoms with Crippen molar-refractivity contribution in [3.05, 3.63) is 35.9 Å². The molecule has 1 aliphatic rings. The molecule has 1 amide bonds. The lowest BCUT2D eigenvalue weighted by Crippen LogP contribution is -2.38. The van der Waals surface area contributed by atoms with Gasteiger partial charge in [0.2, 0.25) is 11.8 Å². The third kappa shape index (κ3) is 6.32. The van der Waals surface area contributed by atoms with Gasteiger partial charge in [0.1, 0.15) is 0 Å². The second-order valence-electron chi connectivity index (χ2n) is 6.93. The maximum atomic E-state index is 13.3. The summed E-state index contributed by atoms with van der Waals surface area (Å²) >= 11 is 0. The number of amides is 1. The summed E-state index contributed by atoms with van der Waals surface area (Å²) in [4.78, 5) is 12.6. The van der Waals surface area contributed by atoms with E-state index in [1.807, 2.05) is 30.3 Å². The Hall–Kier alpha value is -1.53. The highest BCUT2D eigenvalue weighted by Gasteiger charge is 2.37. The predicted molar refractivity (Wildman–Crippen MR) is 95.9 cm³/mol. The lowest BCUT2D eigenvalue weighted by molar-refractivity contribution is -0.130. The Morgan fingerprint density at radius 1 is 1.15 bits per heavy atom. The molecule has 0 unspecified atom stereocenters. The Labute approximate surface area is 154 Å². The SMILES string of the molecule is COC(CCC[C@@H](NC(=O)C1CCC(F)(F)CC1)c1ccccc1)OC. The molecule has 0 spiro atoms. The van der Waals surface area contributed by atoms with Gasteiger partial charge in [0.25, 0.3) is 0 Å². The van der Waals surface area contributed by atoms with Gasteiger partial charge < -0.3 is 14.8 Å². The fourth-order valence-electron chi connectivity index (χ4n) is 3.42. The Morgan fingerprint density at radius 2 is 1.77 bits per heavy atom. The quantitative estimate of drug-likeness (QED) is 0.654. The van der Waals surface area contributed by atoms with E-state index >= 15 is 0 Å². The normalized spacial score (nSPS) is 18.7. The van der Waals surface area contributed by atoms with Crippen LogP contribution in [0.15, 0.2) is 30.3 Å². The summed E-state index contributed by atoms with van der Waals surface area (Å²) < 4.78 is 37.0. The molecule has 2 rings (SSSR count). The zero-order chi connectivity index (χ0) is 19.0. The van der Waals surface area contributed by atoms with E-state index in [0.717, 1.165) is 24.8 Å². The van der Waals surface area contributed by atoms with Crippen LogP contribution in [0.4, 0.5) is 8.78 Å². The minimum atomic E-state index is -2.62. The number of nitrogens with one attached hydrogen (secondary N) is 1. The van der Waals surface area contributed by atoms with E-state index in [4.69, 9.17) is 9.47 Å². The largest absolute Gasteiger partial charge is 0.356 e. The molecule has 146 valence electrons. The molecule has 0 aromatic heterocycles. The van der Waals surface area contributed by atoms with Crippen LogP contribution in [0.3, 0.4) is 0 Å². The van der Waals surface area contributed by atoms with Gasteiger partial charge in [-0.1, -0.05) is 30.3 Å². The molecule has 1 saturated carbocycles. The summed E-state index contributed by atoms with van der Waals surface area (Å²) in [6, 6.07) is 9.61. The van der Waals surface area contributed by atoms with Crippen molar-refractivity contribution in [3.8, 4) is 0 Å². The van der Waals surface area contributed by atoms with Crippen LogP contribution in [0.2, 0.25) is 0 Å². The van der Waals surface area contributed by atoms with Gasteiger partial charge in [-0.3, -0.25) is 4.79 Å². The molecule has 26 heavy (non-hydrogen) atoms. The molecular formula is C20H29F2NO3. The maximum absolute atomic E-state index is 13.3. The Kier molecular flexibility index (Phi) is 7.97. The number of halogens is 2. The molecule has 4 nitrogen and oxygen atoms in total. The van der Waals surface area contributed by atoms with Gasteiger partial charge in [-0.2, -0.15) is 0 Å². The molecule has 1 atom stereocenters. The average Bonchev–Trinajstić information content (AvgIpc) is 2.65. The zero-order valence-electron chi connectivity index (χ0n) is 15.5. The van der Waals surface area contributed by atoms with Crippen molar-refractivity contribution >= 4 is 5.91 Å². The number of hydrogen-bond acceptors (Lipinski definition) is 3. The first kappa shape index (κ1) is 20.8. The maximum Gasteiger partial charge on any atom is 0.248 e. The van der Waals surface area contributed by atoms with E-state index in [1.165, 1.54) is 0 Å². The molecule has 1 aromatic carbocycles. The van der Waals surface area contributed by atoms with Gasteiger partial charge in [-0.25, -0.2) is 8.78 Å². The minimum Gasteiger partial charge on any atom is -0.356 e. The third-order valence-corrected chi connectivity index (χ3v) is 5.06. The van der Waals surface area contributed by atoms with E-state index in [-0.39, 0.29) is 49.8 Å². The number of ether oxygens (including phenoxy) is 2.